The zero-order valence-corrected chi connectivity index (χ0v) is 17.7. The molecule has 0 aliphatic heterocycles. The molecule has 0 saturated heterocycles. The van der Waals surface area contributed by atoms with Crippen molar-refractivity contribution in [3.8, 4) is 5.75 Å². The predicted molar refractivity (Wildman–Crippen MR) is 112 cm³/mol. The molecule has 1 amide bonds. The first-order chi connectivity index (χ1) is 12.8. The number of carbonyl (C=O) groups excluding carboxylic acids is 1. The van der Waals surface area contributed by atoms with Crippen molar-refractivity contribution < 1.29 is 9.53 Å². The summed E-state index contributed by atoms with van der Waals surface area (Å²) in [5, 5.41) is 6.76. The zero-order valence-electron chi connectivity index (χ0n) is 17.7. The Labute approximate surface area is 164 Å². The molecule has 0 aliphatic rings. The Hall–Kier alpha value is -2.24. The second-order valence-corrected chi connectivity index (χ2v) is 7.44. The van der Waals surface area contributed by atoms with Crippen LogP contribution in [0, 0.1) is 5.92 Å². The Kier molecular flexibility index (Phi) is 10.3. The van der Waals surface area contributed by atoms with Crippen LogP contribution in [0.15, 0.2) is 29.3 Å². The molecule has 27 heavy (non-hydrogen) atoms. The molecule has 0 saturated carbocycles. The Morgan fingerprint density at radius 3 is 2.59 bits per heavy atom. The number of guanidine groups is 1. The average molecular weight is 377 g/mol. The number of benzene rings is 1. The van der Waals surface area contributed by atoms with E-state index in [1.807, 2.05) is 24.3 Å². The summed E-state index contributed by atoms with van der Waals surface area (Å²) >= 11 is 0. The van der Waals surface area contributed by atoms with Gasteiger partial charge in [-0.2, -0.15) is 0 Å². The van der Waals surface area contributed by atoms with E-state index in [9.17, 15) is 4.79 Å². The standard InChI is InChI=1S/C21H36N4O2/c1-7-22-21(24-17(4)12-11-16(2)3)23-14-18-9-8-10-19(13-18)27-15-20(26)25(5)6/h8-10,13,16-17H,7,11-12,14-15H2,1-6H3,(H2,22,23,24). The third kappa shape index (κ3) is 9.87. The van der Waals surface area contributed by atoms with E-state index in [1.165, 1.54) is 11.3 Å². The van der Waals surface area contributed by atoms with E-state index in [-0.39, 0.29) is 12.5 Å². The minimum Gasteiger partial charge on any atom is -0.484 e. The van der Waals surface area contributed by atoms with Gasteiger partial charge in [-0.1, -0.05) is 26.0 Å². The van der Waals surface area contributed by atoms with Gasteiger partial charge in [-0.25, -0.2) is 4.99 Å². The van der Waals surface area contributed by atoms with Crippen LogP contribution in [-0.2, 0) is 11.3 Å². The van der Waals surface area contributed by atoms with Gasteiger partial charge in [-0.05, 0) is 50.3 Å². The Balaban J connectivity index is 2.64. The number of amides is 1. The van der Waals surface area contributed by atoms with Crippen LogP contribution in [0.25, 0.3) is 0 Å². The van der Waals surface area contributed by atoms with Crippen molar-refractivity contribution in [1.29, 1.82) is 0 Å². The number of likely N-dealkylation sites (N-methyl/N-ethyl adjacent to an activating group) is 1. The van der Waals surface area contributed by atoms with Gasteiger partial charge < -0.3 is 20.3 Å². The summed E-state index contributed by atoms with van der Waals surface area (Å²) in [5.74, 6) is 2.15. The molecule has 2 N–H and O–H groups in total. The van der Waals surface area contributed by atoms with Gasteiger partial charge in [0.2, 0.25) is 0 Å². The number of hydrogen-bond acceptors (Lipinski definition) is 3. The maximum absolute atomic E-state index is 11.6. The number of aliphatic imine (C=N–C) groups is 1. The molecule has 0 fully saturated rings. The van der Waals surface area contributed by atoms with Crippen LogP contribution in [0.3, 0.4) is 0 Å². The van der Waals surface area contributed by atoms with Gasteiger partial charge in [0.05, 0.1) is 6.54 Å². The summed E-state index contributed by atoms with van der Waals surface area (Å²) in [6, 6.07) is 8.09. The molecule has 152 valence electrons. The number of hydrogen-bond donors (Lipinski definition) is 2. The maximum atomic E-state index is 11.6. The molecule has 0 spiro atoms. The molecule has 1 rings (SSSR count). The first kappa shape index (κ1) is 22.8. The van der Waals surface area contributed by atoms with E-state index in [1.54, 1.807) is 14.1 Å². The SMILES string of the molecule is CCNC(=NCc1cccc(OCC(=O)N(C)C)c1)NC(C)CCC(C)C. The lowest BCUT2D eigenvalue weighted by Crippen LogP contribution is -2.42. The molecular weight excluding hydrogens is 340 g/mol. The van der Waals surface area contributed by atoms with Crippen LogP contribution in [0.2, 0.25) is 0 Å². The fourth-order valence-electron chi connectivity index (χ4n) is 2.39. The number of rotatable bonds is 10. The second kappa shape index (κ2) is 12.2. The fourth-order valence-corrected chi connectivity index (χ4v) is 2.39. The van der Waals surface area contributed by atoms with Crippen LogP contribution in [0.4, 0.5) is 0 Å². The van der Waals surface area contributed by atoms with E-state index in [4.69, 9.17) is 4.74 Å². The summed E-state index contributed by atoms with van der Waals surface area (Å²) < 4.78 is 5.57. The summed E-state index contributed by atoms with van der Waals surface area (Å²) in [6.45, 7) is 10.1. The van der Waals surface area contributed by atoms with E-state index in [0.29, 0.717) is 24.3 Å². The Morgan fingerprint density at radius 1 is 1.22 bits per heavy atom. The lowest BCUT2D eigenvalue weighted by molar-refractivity contribution is -0.130. The maximum Gasteiger partial charge on any atom is 0.259 e. The number of nitrogens with one attached hydrogen (secondary N) is 2. The topological polar surface area (TPSA) is 66.0 Å². The smallest absolute Gasteiger partial charge is 0.259 e. The average Bonchev–Trinajstić information content (AvgIpc) is 2.63. The van der Waals surface area contributed by atoms with Crippen molar-refractivity contribution in [1.82, 2.24) is 15.5 Å². The fraction of sp³-hybridized carbons (Fsp3) is 0.619. The molecule has 0 heterocycles. The Bertz CT molecular complexity index is 600. The molecule has 1 unspecified atom stereocenters. The Morgan fingerprint density at radius 2 is 1.96 bits per heavy atom. The van der Waals surface area contributed by atoms with Gasteiger partial charge >= 0.3 is 0 Å². The highest BCUT2D eigenvalue weighted by Gasteiger charge is 2.07. The van der Waals surface area contributed by atoms with Crippen molar-refractivity contribution in [3.63, 3.8) is 0 Å². The number of nitrogens with zero attached hydrogens (tertiary/aromatic N) is 2. The zero-order chi connectivity index (χ0) is 20.2. The highest BCUT2D eigenvalue weighted by atomic mass is 16.5. The van der Waals surface area contributed by atoms with Crippen LogP contribution in [0.1, 0.15) is 46.1 Å². The van der Waals surface area contributed by atoms with Crippen molar-refractivity contribution >= 4 is 11.9 Å². The predicted octanol–water partition coefficient (Wildman–Crippen LogP) is 3.03. The molecule has 0 aromatic heterocycles. The van der Waals surface area contributed by atoms with Gasteiger partial charge in [0, 0.05) is 26.7 Å². The first-order valence-corrected chi connectivity index (χ1v) is 9.78. The summed E-state index contributed by atoms with van der Waals surface area (Å²) in [5.41, 5.74) is 1.04. The molecular formula is C21H36N4O2. The summed E-state index contributed by atoms with van der Waals surface area (Å²) in [4.78, 5) is 17.8. The molecule has 0 aliphatic carbocycles. The lowest BCUT2D eigenvalue weighted by Gasteiger charge is -2.18. The molecule has 6 nitrogen and oxygen atoms in total. The van der Waals surface area contributed by atoms with Crippen molar-refractivity contribution in [2.24, 2.45) is 10.9 Å². The van der Waals surface area contributed by atoms with Crippen LogP contribution < -0.4 is 15.4 Å². The van der Waals surface area contributed by atoms with Gasteiger partial charge in [0.1, 0.15) is 5.75 Å². The summed E-state index contributed by atoms with van der Waals surface area (Å²) in [7, 11) is 3.43. The molecule has 0 bridgehead atoms. The second-order valence-electron chi connectivity index (χ2n) is 7.44. The van der Waals surface area contributed by atoms with E-state index in [0.717, 1.165) is 24.5 Å². The minimum absolute atomic E-state index is 0.0390. The van der Waals surface area contributed by atoms with Crippen LogP contribution >= 0.6 is 0 Å². The van der Waals surface area contributed by atoms with Crippen LogP contribution in [-0.4, -0.2) is 50.1 Å². The minimum atomic E-state index is -0.0626. The van der Waals surface area contributed by atoms with E-state index < -0.39 is 0 Å². The van der Waals surface area contributed by atoms with Gasteiger partial charge in [-0.15, -0.1) is 0 Å². The van der Waals surface area contributed by atoms with E-state index in [2.05, 4.69) is 43.3 Å². The van der Waals surface area contributed by atoms with Gasteiger partial charge in [0.25, 0.3) is 5.91 Å². The van der Waals surface area contributed by atoms with Crippen molar-refractivity contribution in [2.75, 3.05) is 27.2 Å². The van der Waals surface area contributed by atoms with Gasteiger partial charge in [-0.3, -0.25) is 4.79 Å². The molecule has 0 radical (unpaired) electrons. The summed E-state index contributed by atoms with van der Waals surface area (Å²) in [6.07, 6.45) is 2.31. The molecule has 6 heteroatoms. The van der Waals surface area contributed by atoms with E-state index >= 15 is 0 Å². The largest absolute Gasteiger partial charge is 0.484 e. The normalized spacial score (nSPS) is 12.6. The number of carbonyl (C=O) groups is 1. The van der Waals surface area contributed by atoms with Crippen molar-refractivity contribution in [3.05, 3.63) is 29.8 Å². The van der Waals surface area contributed by atoms with Gasteiger partial charge in [0.15, 0.2) is 12.6 Å². The lowest BCUT2D eigenvalue weighted by atomic mass is 10.0. The molecule has 1 aromatic rings. The van der Waals surface area contributed by atoms with Crippen molar-refractivity contribution in [2.45, 2.75) is 53.1 Å². The first-order valence-electron chi connectivity index (χ1n) is 9.78. The molecule has 1 aromatic carbocycles. The van der Waals surface area contributed by atoms with Crippen LogP contribution in [0.5, 0.6) is 5.75 Å². The monoisotopic (exact) mass is 376 g/mol. The third-order valence-electron chi connectivity index (χ3n) is 4.08. The quantitative estimate of drug-likeness (QED) is 0.487. The third-order valence-corrected chi connectivity index (χ3v) is 4.08. The highest BCUT2D eigenvalue weighted by molar-refractivity contribution is 5.80. The number of ether oxygens (including phenoxy) is 1. The highest BCUT2D eigenvalue weighted by Crippen LogP contribution is 2.14. The molecule has 1 atom stereocenters.